The molecule has 4 rings (SSSR count). The third-order valence-corrected chi connectivity index (χ3v) is 5.22. The van der Waals surface area contributed by atoms with Crippen LogP contribution in [-0.4, -0.2) is 65.8 Å². The predicted molar refractivity (Wildman–Crippen MR) is 103 cm³/mol. The number of ether oxygens (including phenoxy) is 1. The van der Waals surface area contributed by atoms with Gasteiger partial charge in [0.1, 0.15) is 18.3 Å². The second kappa shape index (κ2) is 7.19. The van der Waals surface area contributed by atoms with Crippen LogP contribution in [0.2, 0.25) is 0 Å². The highest BCUT2D eigenvalue weighted by Gasteiger charge is 2.28. The van der Waals surface area contributed by atoms with Crippen molar-refractivity contribution >= 4 is 17.1 Å². The Morgan fingerprint density at radius 1 is 1.39 bits per heavy atom. The average molecular weight is 384 g/mol. The number of aromatic nitrogens is 6. The summed E-state index contributed by atoms with van der Waals surface area (Å²) in [6, 6.07) is 0. The van der Waals surface area contributed by atoms with E-state index in [0.29, 0.717) is 30.1 Å². The fourth-order valence-electron chi connectivity index (χ4n) is 3.63. The molecule has 1 fully saturated rings. The van der Waals surface area contributed by atoms with Crippen molar-refractivity contribution in [3.8, 4) is 17.3 Å². The van der Waals surface area contributed by atoms with Crippen LogP contribution in [0, 0.1) is 6.92 Å². The van der Waals surface area contributed by atoms with Crippen LogP contribution in [0.1, 0.15) is 19.0 Å². The van der Waals surface area contributed by atoms with Crippen molar-refractivity contribution < 1.29 is 9.53 Å². The standard InChI is InChI=1S/C18H24N8O2/c1-4-26-11(2)13(8-22-26)16-23-15-17(24(16)3)20-10-21-18(15)28-12-5-6-25(9-12)14(27)7-19/h8,10,12H,4-7,9,19H2,1-3H3. The highest BCUT2D eigenvalue weighted by Crippen LogP contribution is 2.29. The van der Waals surface area contributed by atoms with E-state index in [2.05, 4.69) is 22.0 Å². The summed E-state index contributed by atoms with van der Waals surface area (Å²) < 4.78 is 9.95. The predicted octanol–water partition coefficient (Wildman–Crippen LogP) is 0.494. The molecule has 0 aliphatic carbocycles. The van der Waals surface area contributed by atoms with E-state index in [1.807, 2.05) is 29.4 Å². The lowest BCUT2D eigenvalue weighted by atomic mass is 10.2. The number of rotatable bonds is 5. The van der Waals surface area contributed by atoms with Gasteiger partial charge in [0.2, 0.25) is 11.8 Å². The van der Waals surface area contributed by atoms with Gasteiger partial charge in [0, 0.05) is 32.3 Å². The molecule has 0 radical (unpaired) electrons. The number of likely N-dealkylation sites (tertiary alicyclic amines) is 1. The van der Waals surface area contributed by atoms with E-state index < -0.39 is 0 Å². The van der Waals surface area contributed by atoms with Crippen LogP contribution in [-0.2, 0) is 18.4 Å². The fraction of sp³-hybridized carbons (Fsp3) is 0.500. The van der Waals surface area contributed by atoms with Crippen LogP contribution in [0.15, 0.2) is 12.5 Å². The van der Waals surface area contributed by atoms with Gasteiger partial charge in [-0.15, -0.1) is 0 Å². The second-order valence-electron chi connectivity index (χ2n) is 6.88. The quantitative estimate of drug-likeness (QED) is 0.680. The number of carbonyl (C=O) groups excluding carboxylic acids is 1. The maximum Gasteiger partial charge on any atom is 0.245 e. The van der Waals surface area contributed by atoms with Gasteiger partial charge in [-0.25, -0.2) is 9.97 Å². The van der Waals surface area contributed by atoms with Crippen LogP contribution in [0.25, 0.3) is 22.6 Å². The molecule has 3 aromatic rings. The Balaban J connectivity index is 1.66. The molecular formula is C18H24N8O2. The van der Waals surface area contributed by atoms with E-state index in [0.717, 1.165) is 30.0 Å². The van der Waals surface area contributed by atoms with Gasteiger partial charge in [0.15, 0.2) is 11.2 Å². The molecular weight excluding hydrogens is 360 g/mol. The SMILES string of the molecule is CCn1ncc(-c2nc3c(OC4CCN(C(=O)CN)C4)ncnc3n2C)c1C. The maximum absolute atomic E-state index is 11.8. The Morgan fingerprint density at radius 3 is 2.93 bits per heavy atom. The molecule has 28 heavy (non-hydrogen) atoms. The van der Waals surface area contributed by atoms with E-state index in [9.17, 15) is 4.79 Å². The summed E-state index contributed by atoms with van der Waals surface area (Å²) in [6.07, 6.45) is 3.90. The lowest BCUT2D eigenvalue weighted by Gasteiger charge is -2.15. The zero-order chi connectivity index (χ0) is 19.8. The molecule has 3 aromatic heterocycles. The number of nitrogens with two attached hydrogens (primary N) is 1. The number of imidazole rings is 1. The minimum absolute atomic E-state index is 0.0128. The van der Waals surface area contributed by atoms with E-state index in [1.54, 1.807) is 4.90 Å². The topological polar surface area (TPSA) is 117 Å². The first-order valence-corrected chi connectivity index (χ1v) is 9.38. The Hall–Kier alpha value is -3.01. The number of nitrogens with zero attached hydrogens (tertiary/aromatic N) is 7. The number of amides is 1. The van der Waals surface area contributed by atoms with Gasteiger partial charge in [0.05, 0.1) is 24.8 Å². The van der Waals surface area contributed by atoms with Crippen molar-refractivity contribution in [1.29, 1.82) is 0 Å². The zero-order valence-corrected chi connectivity index (χ0v) is 16.3. The van der Waals surface area contributed by atoms with Crippen LogP contribution in [0.5, 0.6) is 5.88 Å². The van der Waals surface area contributed by atoms with Crippen molar-refractivity contribution in [2.75, 3.05) is 19.6 Å². The van der Waals surface area contributed by atoms with Crippen molar-refractivity contribution in [2.45, 2.75) is 32.9 Å². The first-order chi connectivity index (χ1) is 13.5. The van der Waals surface area contributed by atoms with E-state index in [1.165, 1.54) is 6.33 Å². The maximum atomic E-state index is 11.8. The number of hydrogen-bond acceptors (Lipinski definition) is 7. The first-order valence-electron chi connectivity index (χ1n) is 9.38. The van der Waals surface area contributed by atoms with Crippen molar-refractivity contribution in [1.82, 2.24) is 34.2 Å². The zero-order valence-electron chi connectivity index (χ0n) is 16.3. The average Bonchev–Trinajstić information content (AvgIpc) is 3.40. The van der Waals surface area contributed by atoms with Crippen molar-refractivity contribution in [2.24, 2.45) is 12.8 Å². The number of aryl methyl sites for hydroxylation is 2. The highest BCUT2D eigenvalue weighted by molar-refractivity contribution is 5.81. The van der Waals surface area contributed by atoms with Gasteiger partial charge < -0.3 is 19.9 Å². The summed E-state index contributed by atoms with van der Waals surface area (Å²) in [5, 5.41) is 4.41. The molecule has 1 atom stereocenters. The molecule has 1 aliphatic heterocycles. The third kappa shape index (κ3) is 2.99. The molecule has 1 saturated heterocycles. The molecule has 0 bridgehead atoms. The monoisotopic (exact) mass is 384 g/mol. The van der Waals surface area contributed by atoms with Crippen LogP contribution >= 0.6 is 0 Å². The molecule has 0 spiro atoms. The summed E-state index contributed by atoms with van der Waals surface area (Å²) >= 11 is 0. The minimum Gasteiger partial charge on any atom is -0.471 e. The minimum atomic E-state index is -0.136. The van der Waals surface area contributed by atoms with Crippen LogP contribution < -0.4 is 10.5 Å². The summed E-state index contributed by atoms with van der Waals surface area (Å²) in [5.41, 5.74) is 8.74. The molecule has 1 amide bonds. The second-order valence-corrected chi connectivity index (χ2v) is 6.88. The Bertz CT molecular complexity index is 1020. The normalized spacial score (nSPS) is 16.9. The molecule has 10 nitrogen and oxygen atoms in total. The van der Waals surface area contributed by atoms with Crippen molar-refractivity contribution in [3.05, 3.63) is 18.2 Å². The molecule has 1 aliphatic rings. The summed E-state index contributed by atoms with van der Waals surface area (Å²) in [4.78, 5) is 26.9. The van der Waals surface area contributed by atoms with Crippen molar-refractivity contribution in [3.63, 3.8) is 0 Å². The summed E-state index contributed by atoms with van der Waals surface area (Å²) in [7, 11) is 1.92. The molecule has 1 unspecified atom stereocenters. The van der Waals surface area contributed by atoms with Gasteiger partial charge in [-0.2, -0.15) is 10.1 Å². The largest absolute Gasteiger partial charge is 0.471 e. The molecule has 4 heterocycles. The smallest absolute Gasteiger partial charge is 0.245 e. The lowest BCUT2D eigenvalue weighted by Crippen LogP contribution is -2.35. The Kier molecular flexibility index (Phi) is 4.71. The number of carbonyl (C=O) groups is 1. The van der Waals surface area contributed by atoms with Crippen LogP contribution in [0.4, 0.5) is 0 Å². The van der Waals surface area contributed by atoms with Crippen LogP contribution in [0.3, 0.4) is 0 Å². The van der Waals surface area contributed by atoms with Gasteiger partial charge in [0.25, 0.3) is 0 Å². The molecule has 0 saturated carbocycles. The Morgan fingerprint density at radius 2 is 2.21 bits per heavy atom. The lowest BCUT2D eigenvalue weighted by molar-refractivity contribution is -0.128. The highest BCUT2D eigenvalue weighted by atomic mass is 16.5. The van der Waals surface area contributed by atoms with E-state index in [4.69, 9.17) is 15.5 Å². The van der Waals surface area contributed by atoms with Gasteiger partial charge in [-0.1, -0.05) is 0 Å². The summed E-state index contributed by atoms with van der Waals surface area (Å²) in [6.45, 7) is 6.02. The fourth-order valence-corrected chi connectivity index (χ4v) is 3.63. The van der Waals surface area contributed by atoms with E-state index >= 15 is 0 Å². The number of fused-ring (bicyclic) bond motifs is 1. The van der Waals surface area contributed by atoms with Gasteiger partial charge >= 0.3 is 0 Å². The Labute approximate surface area is 162 Å². The number of hydrogen-bond donors (Lipinski definition) is 1. The van der Waals surface area contributed by atoms with E-state index in [-0.39, 0.29) is 18.6 Å². The molecule has 0 aromatic carbocycles. The summed E-state index contributed by atoms with van der Waals surface area (Å²) in [5.74, 6) is 1.13. The van der Waals surface area contributed by atoms with Gasteiger partial charge in [-0.3, -0.25) is 9.48 Å². The first kappa shape index (κ1) is 18.4. The molecule has 148 valence electrons. The molecule has 10 heteroatoms. The third-order valence-electron chi connectivity index (χ3n) is 5.22. The molecule has 2 N–H and O–H groups in total. The van der Waals surface area contributed by atoms with Gasteiger partial charge in [-0.05, 0) is 13.8 Å².